The number of carbonyl (C=O) groups excluding carboxylic acids is 1. The quantitative estimate of drug-likeness (QED) is 0.494. The van der Waals surface area contributed by atoms with Crippen molar-refractivity contribution in [3.8, 4) is 22.6 Å². The molecule has 0 N–H and O–H groups in total. The van der Waals surface area contributed by atoms with E-state index in [1.54, 1.807) is 26.9 Å². The van der Waals surface area contributed by atoms with Crippen molar-refractivity contribution in [2.45, 2.75) is 6.92 Å². The van der Waals surface area contributed by atoms with Gasteiger partial charge in [-0.05, 0) is 0 Å². The van der Waals surface area contributed by atoms with Crippen LogP contribution in [0.5, 0.6) is 11.5 Å². The van der Waals surface area contributed by atoms with Gasteiger partial charge in [-0.3, -0.25) is 0 Å². The molecule has 0 saturated carbocycles. The van der Waals surface area contributed by atoms with E-state index in [0.717, 1.165) is 16.9 Å². The number of halogens is 1. The molecular weight excluding hydrogens is 299 g/mol. The Morgan fingerprint density at radius 2 is 1.42 bits per heavy atom. The summed E-state index contributed by atoms with van der Waals surface area (Å²) >= 11 is 1.62. The second-order valence-electron chi connectivity index (χ2n) is 3.69. The predicted octanol–water partition coefficient (Wildman–Crippen LogP) is 3.54. The van der Waals surface area contributed by atoms with E-state index >= 15 is 0 Å². The average molecular weight is 312 g/mol. The van der Waals surface area contributed by atoms with Crippen LogP contribution in [0.1, 0.15) is 6.92 Å². The maximum absolute atomic E-state index is 11.1. The van der Waals surface area contributed by atoms with Gasteiger partial charge in [0.05, 0.1) is 0 Å². The first-order valence-electron chi connectivity index (χ1n) is 5.43. The summed E-state index contributed by atoms with van der Waals surface area (Å²) in [5.74, 6) is 0.948. The SMILES string of the molecule is CC(=O)Oc1ccccc1-c1ccccc1[O][Ti].Cl. The van der Waals surface area contributed by atoms with Crippen molar-refractivity contribution in [1.29, 1.82) is 0 Å². The number of ether oxygens (including phenoxy) is 1. The fraction of sp³-hybridized carbons (Fsp3) is 0.0714. The summed E-state index contributed by atoms with van der Waals surface area (Å²) in [4.78, 5) is 11.1. The number of hydrogen-bond acceptors (Lipinski definition) is 3. The number of hydrogen-bond donors (Lipinski definition) is 0. The van der Waals surface area contributed by atoms with E-state index in [1.807, 2.05) is 42.5 Å². The molecule has 0 fully saturated rings. The van der Waals surface area contributed by atoms with Gasteiger partial charge in [0.1, 0.15) is 0 Å². The van der Waals surface area contributed by atoms with Crippen LogP contribution in [0.2, 0.25) is 0 Å². The molecule has 0 amide bonds. The molecule has 0 atom stereocenters. The van der Waals surface area contributed by atoms with E-state index in [1.165, 1.54) is 6.92 Å². The first-order valence-corrected chi connectivity index (χ1v) is 6.06. The molecule has 0 aromatic heterocycles. The van der Waals surface area contributed by atoms with E-state index in [9.17, 15) is 4.79 Å². The van der Waals surface area contributed by atoms with Gasteiger partial charge in [-0.15, -0.1) is 12.4 Å². The van der Waals surface area contributed by atoms with Gasteiger partial charge in [0.25, 0.3) is 0 Å². The van der Waals surface area contributed by atoms with Gasteiger partial charge in [0.15, 0.2) is 0 Å². The minimum Gasteiger partial charge on any atom is -0.147 e. The van der Waals surface area contributed by atoms with Crippen LogP contribution in [0.3, 0.4) is 0 Å². The Hall–Kier alpha value is -1.29. The first-order chi connectivity index (χ1) is 8.72. The van der Waals surface area contributed by atoms with Crippen LogP contribution in [0.15, 0.2) is 48.5 Å². The molecule has 0 aliphatic carbocycles. The third-order valence-corrected chi connectivity index (χ3v) is 2.77. The normalized spacial score (nSPS) is 9.26. The summed E-state index contributed by atoms with van der Waals surface area (Å²) in [6.45, 7) is 1.39. The van der Waals surface area contributed by atoms with Crippen LogP contribution in [0.25, 0.3) is 11.1 Å². The van der Waals surface area contributed by atoms with Crippen molar-refractivity contribution < 1.29 is 33.7 Å². The van der Waals surface area contributed by atoms with E-state index in [2.05, 4.69) is 0 Å². The molecule has 0 unspecified atom stereocenters. The average Bonchev–Trinajstić information content (AvgIpc) is 2.39. The largest absolute Gasteiger partial charge is 0.147 e. The third kappa shape index (κ3) is 3.84. The van der Waals surface area contributed by atoms with E-state index < -0.39 is 0 Å². The Morgan fingerprint density at radius 3 is 1.95 bits per heavy atom. The molecule has 5 heteroatoms. The topological polar surface area (TPSA) is 35.5 Å². The van der Waals surface area contributed by atoms with Crippen molar-refractivity contribution in [3.63, 3.8) is 0 Å². The Labute approximate surface area is 130 Å². The van der Waals surface area contributed by atoms with E-state index in [-0.39, 0.29) is 18.4 Å². The van der Waals surface area contributed by atoms with Crippen LogP contribution in [0, 0.1) is 0 Å². The van der Waals surface area contributed by atoms with Gasteiger partial charge in [0.2, 0.25) is 0 Å². The summed E-state index contributed by atoms with van der Waals surface area (Å²) in [6, 6.07) is 15.0. The van der Waals surface area contributed by atoms with Crippen LogP contribution in [-0.2, 0) is 25.6 Å². The molecule has 0 aliphatic heterocycles. The smallest absolute Gasteiger partial charge is 0.147 e. The molecule has 0 radical (unpaired) electrons. The summed E-state index contributed by atoms with van der Waals surface area (Å²) in [5, 5.41) is 0. The van der Waals surface area contributed by atoms with Gasteiger partial charge in [-0.25, -0.2) is 0 Å². The van der Waals surface area contributed by atoms with Crippen molar-refractivity contribution >= 4 is 18.4 Å². The molecule has 0 aliphatic rings. The number of esters is 1. The van der Waals surface area contributed by atoms with Gasteiger partial charge in [-0.2, -0.15) is 0 Å². The number of para-hydroxylation sites is 2. The molecule has 19 heavy (non-hydrogen) atoms. The second kappa shape index (κ2) is 7.34. The van der Waals surface area contributed by atoms with E-state index in [0.29, 0.717) is 5.75 Å². The fourth-order valence-corrected chi connectivity index (χ4v) is 1.99. The second-order valence-corrected chi connectivity index (χ2v) is 4.01. The molecule has 2 aromatic rings. The van der Waals surface area contributed by atoms with Gasteiger partial charge >= 0.3 is 118 Å². The zero-order valence-electron chi connectivity index (χ0n) is 10.3. The van der Waals surface area contributed by atoms with Crippen LogP contribution in [0.4, 0.5) is 0 Å². The van der Waals surface area contributed by atoms with E-state index in [4.69, 9.17) is 8.06 Å². The maximum atomic E-state index is 11.1. The van der Waals surface area contributed by atoms with Crippen LogP contribution >= 0.6 is 12.4 Å². The Morgan fingerprint density at radius 1 is 0.947 bits per heavy atom. The van der Waals surface area contributed by atoms with Gasteiger partial charge in [0, 0.05) is 0 Å². The summed E-state index contributed by atoms with van der Waals surface area (Å²) in [6.07, 6.45) is 0. The summed E-state index contributed by atoms with van der Waals surface area (Å²) < 4.78 is 10.5. The van der Waals surface area contributed by atoms with Crippen molar-refractivity contribution in [2.75, 3.05) is 0 Å². The molecule has 0 saturated heterocycles. The summed E-state index contributed by atoms with van der Waals surface area (Å²) in [5.41, 5.74) is 1.74. The monoisotopic (exact) mass is 311 g/mol. The molecule has 0 heterocycles. The zero-order valence-corrected chi connectivity index (χ0v) is 12.6. The van der Waals surface area contributed by atoms with Crippen LogP contribution < -0.4 is 8.06 Å². The number of benzene rings is 2. The first kappa shape index (κ1) is 15.8. The molecule has 2 rings (SSSR count). The van der Waals surface area contributed by atoms with Crippen LogP contribution in [-0.4, -0.2) is 5.97 Å². The molecule has 3 nitrogen and oxygen atoms in total. The number of carbonyl (C=O) groups is 1. The number of rotatable bonds is 3. The molecule has 2 aromatic carbocycles. The summed E-state index contributed by atoms with van der Waals surface area (Å²) in [7, 11) is 0. The fourth-order valence-electron chi connectivity index (χ4n) is 1.71. The molecule has 0 bridgehead atoms. The molecule has 0 spiro atoms. The molecular formula is C14H12ClO3Ti. The third-order valence-electron chi connectivity index (χ3n) is 2.43. The van der Waals surface area contributed by atoms with Crippen molar-refractivity contribution in [3.05, 3.63) is 48.5 Å². The van der Waals surface area contributed by atoms with Gasteiger partial charge in [-0.1, -0.05) is 0 Å². The predicted molar refractivity (Wildman–Crippen MR) is 71.1 cm³/mol. The molecule has 97 valence electrons. The Kier molecular flexibility index (Phi) is 6.09. The Balaban J connectivity index is 0.00000180. The maximum Gasteiger partial charge on any atom is -0.147 e. The Bertz CT molecular complexity index is 572. The minimum absolute atomic E-state index is 0. The zero-order chi connectivity index (χ0) is 13.0. The van der Waals surface area contributed by atoms with Crippen molar-refractivity contribution in [1.82, 2.24) is 0 Å². The minimum atomic E-state index is -0.336. The van der Waals surface area contributed by atoms with Gasteiger partial charge < -0.3 is 0 Å². The van der Waals surface area contributed by atoms with Crippen molar-refractivity contribution in [2.24, 2.45) is 0 Å². The standard InChI is InChI=1S/C14H12O3.ClH.Ti/c1-10(15)17-14-9-5-3-7-12(14)11-6-2-4-8-13(11)16;;/h2-9,16H,1H3;1H;/q;;+1/p-1.